The molecule has 2 aromatic rings. The van der Waals surface area contributed by atoms with Crippen molar-refractivity contribution in [2.24, 2.45) is 0 Å². The topological polar surface area (TPSA) is 69.1 Å². The second-order valence-corrected chi connectivity index (χ2v) is 7.89. The zero-order chi connectivity index (χ0) is 20.1. The number of anilines is 1. The fourth-order valence-electron chi connectivity index (χ4n) is 3.00. The van der Waals surface area contributed by atoms with Crippen LogP contribution in [0.3, 0.4) is 0 Å². The van der Waals surface area contributed by atoms with Crippen LogP contribution >= 0.6 is 22.9 Å². The Hall–Kier alpha value is -2.00. The SMILES string of the molecule is CCOC(=O)c1c(NC(=O)C[NH+]2CCOCC2)sc(Cl)c1-c1ccc(F)cc1. The van der Waals surface area contributed by atoms with E-state index in [1.54, 1.807) is 6.92 Å². The summed E-state index contributed by atoms with van der Waals surface area (Å²) in [5.41, 5.74) is 1.19. The van der Waals surface area contributed by atoms with E-state index in [0.29, 0.717) is 33.7 Å². The molecule has 1 amide bonds. The number of nitrogens with one attached hydrogen (secondary N) is 2. The summed E-state index contributed by atoms with van der Waals surface area (Å²) in [4.78, 5) is 26.2. The van der Waals surface area contributed by atoms with E-state index in [4.69, 9.17) is 21.1 Å². The molecule has 0 saturated carbocycles. The first-order valence-electron chi connectivity index (χ1n) is 8.96. The Morgan fingerprint density at radius 3 is 2.61 bits per heavy atom. The smallest absolute Gasteiger partial charge is 0.341 e. The summed E-state index contributed by atoms with van der Waals surface area (Å²) in [6.07, 6.45) is 0. The summed E-state index contributed by atoms with van der Waals surface area (Å²) < 4.78 is 24.1. The van der Waals surface area contributed by atoms with Gasteiger partial charge in [0.1, 0.15) is 33.8 Å². The quantitative estimate of drug-likeness (QED) is 0.694. The number of esters is 1. The maximum atomic E-state index is 13.3. The van der Waals surface area contributed by atoms with Gasteiger partial charge < -0.3 is 19.7 Å². The van der Waals surface area contributed by atoms with Crippen LogP contribution in [0.5, 0.6) is 0 Å². The molecule has 0 bridgehead atoms. The standard InChI is InChI=1S/C19H20ClFN2O4S/c1-2-27-19(25)16-15(12-3-5-13(21)6-4-12)17(20)28-18(16)22-14(24)11-23-7-9-26-10-8-23/h3-6H,2,7-11H2,1H3,(H,22,24)/p+1. The zero-order valence-electron chi connectivity index (χ0n) is 15.3. The first kappa shape index (κ1) is 20.7. The van der Waals surface area contributed by atoms with E-state index in [1.165, 1.54) is 24.3 Å². The molecule has 1 aliphatic heterocycles. The van der Waals surface area contributed by atoms with E-state index in [9.17, 15) is 14.0 Å². The summed E-state index contributed by atoms with van der Waals surface area (Å²) in [6.45, 7) is 4.90. The molecule has 150 valence electrons. The third-order valence-corrected chi connectivity index (χ3v) is 5.66. The van der Waals surface area contributed by atoms with E-state index >= 15 is 0 Å². The summed E-state index contributed by atoms with van der Waals surface area (Å²) in [5.74, 6) is -1.19. The van der Waals surface area contributed by atoms with Gasteiger partial charge in [-0.15, -0.1) is 11.3 Å². The number of carbonyl (C=O) groups excluding carboxylic acids is 2. The van der Waals surface area contributed by atoms with Gasteiger partial charge in [0.05, 0.1) is 19.8 Å². The number of amides is 1. The van der Waals surface area contributed by atoms with E-state index in [1.807, 2.05) is 0 Å². The number of quaternary nitrogens is 1. The van der Waals surface area contributed by atoms with Gasteiger partial charge in [0.2, 0.25) is 0 Å². The predicted octanol–water partition coefficient (Wildman–Crippen LogP) is 2.24. The Bertz CT molecular complexity index is 850. The van der Waals surface area contributed by atoms with Crippen LogP contribution in [0.25, 0.3) is 11.1 Å². The number of ether oxygens (including phenoxy) is 2. The third-order valence-electron chi connectivity index (χ3n) is 4.34. The highest BCUT2D eigenvalue weighted by Gasteiger charge is 2.27. The minimum absolute atomic E-state index is 0.181. The molecule has 9 heteroatoms. The van der Waals surface area contributed by atoms with Crippen molar-refractivity contribution in [2.45, 2.75) is 6.92 Å². The molecule has 1 saturated heterocycles. The average molecular weight is 428 g/mol. The third kappa shape index (κ3) is 4.88. The highest BCUT2D eigenvalue weighted by molar-refractivity contribution is 7.21. The lowest BCUT2D eigenvalue weighted by Gasteiger charge is -2.23. The molecule has 0 atom stereocenters. The Balaban J connectivity index is 1.89. The molecule has 0 spiro atoms. The molecular weight excluding hydrogens is 407 g/mol. The van der Waals surface area contributed by atoms with Gasteiger partial charge in [0, 0.05) is 5.56 Å². The van der Waals surface area contributed by atoms with E-state index in [0.717, 1.165) is 29.3 Å². The molecule has 2 heterocycles. The van der Waals surface area contributed by atoms with Gasteiger partial charge in [-0.3, -0.25) is 4.79 Å². The number of morpholine rings is 1. The molecule has 0 radical (unpaired) electrons. The number of benzene rings is 1. The molecule has 0 aliphatic carbocycles. The number of halogens is 2. The lowest BCUT2D eigenvalue weighted by molar-refractivity contribution is -0.899. The van der Waals surface area contributed by atoms with Crippen molar-refractivity contribution in [1.82, 2.24) is 0 Å². The fourth-order valence-corrected chi connectivity index (χ4v) is 4.39. The maximum absolute atomic E-state index is 13.3. The van der Waals surface area contributed by atoms with E-state index in [-0.39, 0.29) is 24.6 Å². The number of rotatable bonds is 6. The number of carbonyl (C=O) groups is 2. The predicted molar refractivity (Wildman–Crippen MR) is 106 cm³/mol. The van der Waals surface area contributed by atoms with Gasteiger partial charge >= 0.3 is 5.97 Å². The highest BCUT2D eigenvalue weighted by Crippen LogP contribution is 2.44. The van der Waals surface area contributed by atoms with Crippen LogP contribution in [-0.4, -0.2) is 51.3 Å². The summed E-state index contributed by atoms with van der Waals surface area (Å²) in [6, 6.07) is 5.65. The first-order chi connectivity index (χ1) is 13.5. The van der Waals surface area contributed by atoms with Crippen LogP contribution in [0, 0.1) is 5.82 Å². The minimum atomic E-state index is -0.584. The van der Waals surface area contributed by atoms with Crippen LogP contribution in [0.4, 0.5) is 9.39 Å². The maximum Gasteiger partial charge on any atom is 0.341 e. The Kier molecular flexibility index (Phi) is 7.01. The molecule has 1 aromatic carbocycles. The van der Waals surface area contributed by atoms with Crippen molar-refractivity contribution in [1.29, 1.82) is 0 Å². The second kappa shape index (κ2) is 9.47. The first-order valence-corrected chi connectivity index (χ1v) is 10.2. The Morgan fingerprint density at radius 2 is 1.96 bits per heavy atom. The zero-order valence-corrected chi connectivity index (χ0v) is 16.9. The fraction of sp³-hybridized carbons (Fsp3) is 0.368. The lowest BCUT2D eigenvalue weighted by Crippen LogP contribution is -3.15. The van der Waals surface area contributed by atoms with E-state index in [2.05, 4.69) is 5.32 Å². The molecule has 1 fully saturated rings. The van der Waals surface area contributed by atoms with Gasteiger partial charge in [0.15, 0.2) is 6.54 Å². The Labute approximate surface area is 171 Å². The van der Waals surface area contributed by atoms with Gasteiger partial charge in [-0.25, -0.2) is 9.18 Å². The summed E-state index contributed by atoms with van der Waals surface area (Å²) >= 11 is 7.48. The van der Waals surface area contributed by atoms with Crippen molar-refractivity contribution in [3.8, 4) is 11.1 Å². The van der Waals surface area contributed by atoms with E-state index < -0.39 is 11.8 Å². The number of hydrogen-bond acceptors (Lipinski definition) is 5. The molecule has 2 N–H and O–H groups in total. The molecule has 1 aliphatic rings. The van der Waals surface area contributed by atoms with Gasteiger partial charge in [-0.05, 0) is 24.6 Å². The van der Waals surface area contributed by atoms with Gasteiger partial charge in [0.25, 0.3) is 5.91 Å². The molecule has 28 heavy (non-hydrogen) atoms. The monoisotopic (exact) mass is 427 g/mol. The van der Waals surface area contributed by atoms with Crippen molar-refractivity contribution in [3.63, 3.8) is 0 Å². The molecule has 3 rings (SSSR count). The van der Waals surface area contributed by atoms with Crippen LogP contribution in [-0.2, 0) is 14.3 Å². The van der Waals surface area contributed by atoms with Crippen LogP contribution in [0.2, 0.25) is 4.34 Å². The second-order valence-electron chi connectivity index (χ2n) is 6.27. The van der Waals surface area contributed by atoms with Crippen molar-refractivity contribution < 1.29 is 28.4 Å². The number of thiophene rings is 1. The van der Waals surface area contributed by atoms with Crippen LogP contribution in [0.1, 0.15) is 17.3 Å². The largest absolute Gasteiger partial charge is 0.462 e. The molecule has 0 unspecified atom stereocenters. The molecule has 1 aromatic heterocycles. The molecule has 6 nitrogen and oxygen atoms in total. The van der Waals surface area contributed by atoms with Crippen molar-refractivity contribution in [2.75, 3.05) is 44.8 Å². The van der Waals surface area contributed by atoms with Crippen molar-refractivity contribution >= 4 is 39.8 Å². The normalized spacial score (nSPS) is 14.7. The van der Waals surface area contributed by atoms with Crippen LogP contribution in [0.15, 0.2) is 24.3 Å². The Morgan fingerprint density at radius 1 is 1.29 bits per heavy atom. The van der Waals surface area contributed by atoms with Crippen LogP contribution < -0.4 is 10.2 Å². The van der Waals surface area contributed by atoms with Crippen molar-refractivity contribution in [3.05, 3.63) is 40.0 Å². The average Bonchev–Trinajstić information content (AvgIpc) is 2.99. The number of hydrogen-bond donors (Lipinski definition) is 2. The summed E-state index contributed by atoms with van der Waals surface area (Å²) in [5, 5.41) is 3.13. The van der Waals surface area contributed by atoms with Gasteiger partial charge in [-0.1, -0.05) is 23.7 Å². The molecular formula is C19H21ClFN2O4S+. The van der Waals surface area contributed by atoms with Gasteiger partial charge in [-0.2, -0.15) is 0 Å². The highest BCUT2D eigenvalue weighted by atomic mass is 35.5. The lowest BCUT2D eigenvalue weighted by atomic mass is 10.0. The minimum Gasteiger partial charge on any atom is -0.462 e. The summed E-state index contributed by atoms with van der Waals surface area (Å²) in [7, 11) is 0.